The van der Waals surface area contributed by atoms with E-state index >= 15 is 0 Å². The van der Waals surface area contributed by atoms with Crippen molar-refractivity contribution in [3.05, 3.63) is 48.0 Å². The average molecular weight is 305 g/mol. The zero-order valence-electron chi connectivity index (χ0n) is 12.9. The van der Waals surface area contributed by atoms with Gasteiger partial charge < -0.3 is 5.32 Å². The standard InChI is InChI=1S/C18H24N2.ClH/c1-14(20-11-9-18(19-2)10-12-20)16-8-7-15-5-3-4-6-17(15)13-16;/h3-8,13-14,18-19H,9-12H2,1-2H3;1H. The Labute approximate surface area is 133 Å². The lowest BCUT2D eigenvalue weighted by molar-refractivity contribution is 0.155. The van der Waals surface area contributed by atoms with Crippen molar-refractivity contribution in [2.24, 2.45) is 0 Å². The summed E-state index contributed by atoms with van der Waals surface area (Å²) in [6.07, 6.45) is 2.52. The molecule has 1 saturated heterocycles. The van der Waals surface area contributed by atoms with E-state index in [1.54, 1.807) is 0 Å². The van der Waals surface area contributed by atoms with Gasteiger partial charge in [0.2, 0.25) is 0 Å². The van der Waals surface area contributed by atoms with E-state index in [1.807, 2.05) is 0 Å². The molecule has 2 aromatic carbocycles. The molecule has 1 fully saturated rings. The Morgan fingerprint density at radius 3 is 2.38 bits per heavy atom. The van der Waals surface area contributed by atoms with E-state index in [9.17, 15) is 0 Å². The lowest BCUT2D eigenvalue weighted by Crippen LogP contribution is -2.42. The van der Waals surface area contributed by atoms with Crippen LogP contribution in [0, 0.1) is 0 Å². The summed E-state index contributed by atoms with van der Waals surface area (Å²) in [4.78, 5) is 2.61. The first-order valence-electron chi connectivity index (χ1n) is 7.68. The number of fused-ring (bicyclic) bond motifs is 1. The van der Waals surface area contributed by atoms with Gasteiger partial charge in [-0.05, 0) is 49.2 Å². The van der Waals surface area contributed by atoms with Crippen LogP contribution in [-0.2, 0) is 0 Å². The van der Waals surface area contributed by atoms with Crippen molar-refractivity contribution >= 4 is 23.2 Å². The van der Waals surface area contributed by atoms with Gasteiger partial charge in [-0.2, -0.15) is 0 Å². The first-order valence-corrected chi connectivity index (χ1v) is 7.68. The molecule has 1 aliphatic heterocycles. The van der Waals surface area contributed by atoms with Crippen LogP contribution >= 0.6 is 12.4 Å². The first kappa shape index (κ1) is 16.3. The van der Waals surface area contributed by atoms with Crippen molar-refractivity contribution in [2.45, 2.75) is 31.8 Å². The highest BCUT2D eigenvalue weighted by atomic mass is 35.5. The van der Waals surface area contributed by atoms with Gasteiger partial charge in [0.05, 0.1) is 0 Å². The number of nitrogens with zero attached hydrogens (tertiary/aromatic N) is 1. The van der Waals surface area contributed by atoms with E-state index in [0.717, 1.165) is 0 Å². The number of hydrogen-bond donors (Lipinski definition) is 1. The molecular weight excluding hydrogens is 280 g/mol. The molecule has 1 atom stereocenters. The molecule has 1 heterocycles. The molecule has 0 aromatic heterocycles. The van der Waals surface area contributed by atoms with Crippen molar-refractivity contribution in [3.63, 3.8) is 0 Å². The van der Waals surface area contributed by atoms with Crippen LogP contribution in [0.1, 0.15) is 31.4 Å². The molecule has 3 heteroatoms. The lowest BCUT2D eigenvalue weighted by atomic mass is 9.98. The molecule has 0 bridgehead atoms. The van der Waals surface area contributed by atoms with Gasteiger partial charge in [0, 0.05) is 25.2 Å². The van der Waals surface area contributed by atoms with E-state index in [2.05, 4.69) is 66.7 Å². The third kappa shape index (κ3) is 3.57. The van der Waals surface area contributed by atoms with Crippen LogP contribution < -0.4 is 5.32 Å². The van der Waals surface area contributed by atoms with E-state index < -0.39 is 0 Å². The number of hydrogen-bond acceptors (Lipinski definition) is 2. The van der Waals surface area contributed by atoms with Crippen molar-refractivity contribution in [2.75, 3.05) is 20.1 Å². The lowest BCUT2D eigenvalue weighted by Gasteiger charge is -2.36. The second-order valence-corrected chi connectivity index (χ2v) is 5.88. The molecule has 21 heavy (non-hydrogen) atoms. The molecule has 0 amide bonds. The maximum absolute atomic E-state index is 3.40. The van der Waals surface area contributed by atoms with Gasteiger partial charge in [0.1, 0.15) is 0 Å². The molecule has 1 unspecified atom stereocenters. The fraction of sp³-hybridized carbons (Fsp3) is 0.444. The smallest absolute Gasteiger partial charge is 0.0320 e. The van der Waals surface area contributed by atoms with Gasteiger partial charge in [-0.25, -0.2) is 0 Å². The zero-order chi connectivity index (χ0) is 13.9. The van der Waals surface area contributed by atoms with Crippen LogP contribution in [0.2, 0.25) is 0 Å². The molecule has 0 radical (unpaired) electrons. The number of rotatable bonds is 3. The SMILES string of the molecule is CNC1CCN(C(C)c2ccc3ccccc3c2)CC1.Cl. The van der Waals surface area contributed by atoms with E-state index in [4.69, 9.17) is 0 Å². The normalized spacial score (nSPS) is 18.4. The minimum absolute atomic E-state index is 0. The Bertz CT molecular complexity index is 576. The molecule has 0 spiro atoms. The summed E-state index contributed by atoms with van der Waals surface area (Å²) in [5.74, 6) is 0. The van der Waals surface area contributed by atoms with Crippen LogP contribution in [0.4, 0.5) is 0 Å². The molecule has 0 saturated carbocycles. The average Bonchev–Trinajstić information content (AvgIpc) is 2.54. The molecule has 1 N–H and O–H groups in total. The first-order chi connectivity index (χ1) is 9.78. The summed E-state index contributed by atoms with van der Waals surface area (Å²) in [6.45, 7) is 4.73. The summed E-state index contributed by atoms with van der Waals surface area (Å²) < 4.78 is 0. The van der Waals surface area contributed by atoms with E-state index in [0.29, 0.717) is 12.1 Å². The maximum Gasteiger partial charge on any atom is 0.0320 e. The van der Waals surface area contributed by atoms with Gasteiger partial charge in [-0.15, -0.1) is 12.4 Å². The van der Waals surface area contributed by atoms with E-state index in [-0.39, 0.29) is 12.4 Å². The fourth-order valence-electron chi connectivity index (χ4n) is 3.25. The minimum Gasteiger partial charge on any atom is -0.317 e. The summed E-state index contributed by atoms with van der Waals surface area (Å²) in [6, 6.07) is 16.7. The fourth-order valence-corrected chi connectivity index (χ4v) is 3.25. The number of nitrogens with one attached hydrogen (secondary N) is 1. The maximum atomic E-state index is 3.40. The van der Waals surface area contributed by atoms with Crippen LogP contribution in [0.15, 0.2) is 42.5 Å². The summed E-state index contributed by atoms with van der Waals surface area (Å²) in [5, 5.41) is 6.08. The minimum atomic E-state index is 0. The predicted octanol–water partition coefficient (Wildman–Crippen LogP) is 4.01. The molecule has 0 aliphatic carbocycles. The van der Waals surface area contributed by atoms with Gasteiger partial charge in [-0.3, -0.25) is 4.90 Å². The molecular formula is C18H25ClN2. The topological polar surface area (TPSA) is 15.3 Å². The van der Waals surface area contributed by atoms with Crippen LogP contribution in [0.25, 0.3) is 10.8 Å². The number of halogens is 1. The monoisotopic (exact) mass is 304 g/mol. The Balaban J connectivity index is 0.00000161. The highest BCUT2D eigenvalue weighted by Crippen LogP contribution is 2.26. The van der Waals surface area contributed by atoms with Gasteiger partial charge >= 0.3 is 0 Å². The summed E-state index contributed by atoms with van der Waals surface area (Å²) in [5.41, 5.74) is 1.44. The Morgan fingerprint density at radius 2 is 1.71 bits per heavy atom. The number of piperidine rings is 1. The molecule has 1 aliphatic rings. The van der Waals surface area contributed by atoms with Gasteiger partial charge in [0.15, 0.2) is 0 Å². The number of likely N-dealkylation sites (tertiary alicyclic amines) is 1. The third-order valence-electron chi connectivity index (χ3n) is 4.74. The van der Waals surface area contributed by atoms with Crippen molar-refractivity contribution < 1.29 is 0 Å². The number of benzene rings is 2. The summed E-state index contributed by atoms with van der Waals surface area (Å²) in [7, 11) is 2.08. The highest BCUT2D eigenvalue weighted by molar-refractivity contribution is 5.85. The van der Waals surface area contributed by atoms with Crippen LogP contribution in [0.3, 0.4) is 0 Å². The van der Waals surface area contributed by atoms with Crippen molar-refractivity contribution in [1.29, 1.82) is 0 Å². The second kappa shape index (κ2) is 7.26. The summed E-state index contributed by atoms with van der Waals surface area (Å²) >= 11 is 0. The van der Waals surface area contributed by atoms with Crippen molar-refractivity contribution in [1.82, 2.24) is 10.2 Å². The highest BCUT2D eigenvalue weighted by Gasteiger charge is 2.22. The Morgan fingerprint density at radius 1 is 1.05 bits per heavy atom. The zero-order valence-corrected chi connectivity index (χ0v) is 13.7. The quantitative estimate of drug-likeness (QED) is 0.922. The van der Waals surface area contributed by atoms with Crippen LogP contribution in [0.5, 0.6) is 0 Å². The second-order valence-electron chi connectivity index (χ2n) is 5.88. The Kier molecular flexibility index (Phi) is 5.63. The van der Waals surface area contributed by atoms with Gasteiger partial charge in [-0.1, -0.05) is 36.4 Å². The molecule has 114 valence electrons. The largest absolute Gasteiger partial charge is 0.317 e. The molecule has 3 rings (SSSR count). The van der Waals surface area contributed by atoms with E-state index in [1.165, 1.54) is 42.3 Å². The van der Waals surface area contributed by atoms with Crippen LogP contribution in [-0.4, -0.2) is 31.1 Å². The Hall–Kier alpha value is -1.09. The third-order valence-corrected chi connectivity index (χ3v) is 4.74. The van der Waals surface area contributed by atoms with Crippen molar-refractivity contribution in [3.8, 4) is 0 Å². The van der Waals surface area contributed by atoms with Gasteiger partial charge in [0.25, 0.3) is 0 Å². The molecule has 2 nitrogen and oxygen atoms in total. The predicted molar refractivity (Wildman–Crippen MR) is 93.3 cm³/mol. The molecule has 2 aromatic rings.